The number of unbranched alkanes of at least 4 members (excludes halogenated alkanes) is 1. The smallest absolute Gasteiger partial charge is 0.329 e. The summed E-state index contributed by atoms with van der Waals surface area (Å²) in [6.45, 7) is 4.19. The lowest BCUT2D eigenvalue weighted by Gasteiger charge is -2.29. The first-order valence-electron chi connectivity index (χ1n) is 15.7. The van der Waals surface area contributed by atoms with Crippen LogP contribution in [-0.2, 0) is 46.3 Å². The van der Waals surface area contributed by atoms with Crippen molar-refractivity contribution in [3.05, 3.63) is 64.2 Å². The summed E-state index contributed by atoms with van der Waals surface area (Å²) in [6.07, 6.45) is 5.99. The van der Waals surface area contributed by atoms with Crippen LogP contribution < -0.4 is 10.6 Å². The molecule has 0 unspecified atom stereocenters. The predicted octanol–water partition coefficient (Wildman–Crippen LogP) is 1.75. The normalized spacial score (nSPS) is 16.2. The molecule has 4 atom stereocenters. The van der Waals surface area contributed by atoms with E-state index in [1.165, 1.54) is 17.4 Å². The van der Waals surface area contributed by atoms with Crippen molar-refractivity contribution in [2.75, 3.05) is 32.9 Å². The van der Waals surface area contributed by atoms with Crippen LogP contribution in [0.3, 0.4) is 0 Å². The van der Waals surface area contributed by atoms with E-state index in [0.717, 1.165) is 5.56 Å². The van der Waals surface area contributed by atoms with Crippen molar-refractivity contribution >= 4 is 23.8 Å². The van der Waals surface area contributed by atoms with Gasteiger partial charge in [0, 0.05) is 31.4 Å². The Hall–Kier alpha value is -4.53. The number of esters is 2. The highest BCUT2D eigenvalue weighted by molar-refractivity contribution is 5.92. The SMILES string of the molecule is CCOC(=O)[C@H](CCc1ccccc1)CN[C@@H](C)C(=O)N1CCC[C@@H]1C(=O)N[C@@H](Cc1cnc[nH]1)C(=O)OCCCCO[N+](=O)[O-]. The number of imidazole rings is 1. The number of amides is 2. The van der Waals surface area contributed by atoms with Crippen molar-refractivity contribution in [3.63, 3.8) is 0 Å². The largest absolute Gasteiger partial charge is 0.466 e. The minimum atomic E-state index is -1.05. The first-order chi connectivity index (χ1) is 22.2. The number of aryl methyl sites for hydroxylation is 1. The molecule has 0 spiro atoms. The van der Waals surface area contributed by atoms with Crippen LogP contribution in [0.1, 0.15) is 57.2 Å². The molecule has 3 N–H and O–H groups in total. The lowest BCUT2D eigenvalue weighted by Crippen LogP contribution is -2.55. The summed E-state index contributed by atoms with van der Waals surface area (Å²) in [5.41, 5.74) is 1.70. The number of benzene rings is 1. The Morgan fingerprint density at radius 2 is 1.89 bits per heavy atom. The number of rotatable bonds is 20. The molecule has 2 aromatic rings. The number of ether oxygens (including phenoxy) is 2. The van der Waals surface area contributed by atoms with Crippen molar-refractivity contribution in [1.29, 1.82) is 0 Å². The van der Waals surface area contributed by atoms with Crippen LogP contribution in [0.5, 0.6) is 0 Å². The molecule has 15 nitrogen and oxygen atoms in total. The molecular weight excluding hydrogens is 600 g/mol. The Bertz CT molecular complexity index is 1260. The number of likely N-dealkylation sites (tertiary alicyclic amines) is 1. The number of nitrogens with one attached hydrogen (secondary N) is 3. The van der Waals surface area contributed by atoms with Crippen molar-refractivity contribution in [1.82, 2.24) is 25.5 Å². The van der Waals surface area contributed by atoms with Gasteiger partial charge in [-0.3, -0.25) is 14.4 Å². The van der Waals surface area contributed by atoms with Gasteiger partial charge in [-0.15, -0.1) is 10.1 Å². The van der Waals surface area contributed by atoms with E-state index in [1.54, 1.807) is 13.8 Å². The summed E-state index contributed by atoms with van der Waals surface area (Å²) in [6, 6.07) is 7.31. The van der Waals surface area contributed by atoms with Crippen molar-refractivity contribution in [2.24, 2.45) is 5.92 Å². The highest BCUT2D eigenvalue weighted by Gasteiger charge is 2.38. The first-order valence-corrected chi connectivity index (χ1v) is 15.7. The van der Waals surface area contributed by atoms with Crippen LogP contribution in [0.15, 0.2) is 42.9 Å². The van der Waals surface area contributed by atoms with E-state index < -0.39 is 41.0 Å². The van der Waals surface area contributed by atoms with Crippen LogP contribution in [0.2, 0.25) is 0 Å². The zero-order chi connectivity index (χ0) is 33.3. The third-order valence-corrected chi connectivity index (χ3v) is 7.68. The maximum absolute atomic E-state index is 13.5. The Labute approximate surface area is 267 Å². The Balaban J connectivity index is 1.57. The van der Waals surface area contributed by atoms with Crippen LogP contribution in [0.4, 0.5) is 0 Å². The van der Waals surface area contributed by atoms with E-state index in [1.807, 2.05) is 30.3 Å². The average molecular weight is 645 g/mol. The predicted molar refractivity (Wildman–Crippen MR) is 164 cm³/mol. The lowest BCUT2D eigenvalue weighted by atomic mass is 9.99. The molecule has 1 aromatic heterocycles. The van der Waals surface area contributed by atoms with Crippen LogP contribution >= 0.6 is 0 Å². The van der Waals surface area contributed by atoms with Gasteiger partial charge in [-0.25, -0.2) is 9.78 Å². The van der Waals surface area contributed by atoms with Gasteiger partial charge >= 0.3 is 11.9 Å². The summed E-state index contributed by atoms with van der Waals surface area (Å²) in [5, 5.41) is 15.3. The van der Waals surface area contributed by atoms with Crippen LogP contribution in [-0.4, -0.2) is 94.7 Å². The number of hydrogen-bond acceptors (Lipinski definition) is 11. The zero-order valence-corrected chi connectivity index (χ0v) is 26.4. The van der Waals surface area contributed by atoms with Crippen molar-refractivity contribution in [2.45, 2.75) is 76.9 Å². The van der Waals surface area contributed by atoms with Gasteiger partial charge in [-0.05, 0) is 57.9 Å². The number of H-pyrrole nitrogens is 1. The maximum Gasteiger partial charge on any atom is 0.329 e. The summed E-state index contributed by atoms with van der Waals surface area (Å²) in [4.78, 5) is 75.5. The van der Waals surface area contributed by atoms with E-state index in [4.69, 9.17) is 9.47 Å². The third-order valence-electron chi connectivity index (χ3n) is 7.68. The topological polar surface area (TPSA) is 195 Å². The lowest BCUT2D eigenvalue weighted by molar-refractivity contribution is -0.757. The fourth-order valence-corrected chi connectivity index (χ4v) is 5.20. The van der Waals surface area contributed by atoms with Gasteiger partial charge in [0.05, 0.1) is 38.1 Å². The molecule has 46 heavy (non-hydrogen) atoms. The first kappa shape index (κ1) is 35.9. The molecule has 3 rings (SSSR count). The third kappa shape index (κ3) is 11.8. The molecule has 1 aliphatic heterocycles. The van der Waals surface area contributed by atoms with Gasteiger partial charge in [0.25, 0.3) is 5.09 Å². The van der Waals surface area contributed by atoms with Gasteiger partial charge in [0.2, 0.25) is 11.8 Å². The van der Waals surface area contributed by atoms with E-state index >= 15 is 0 Å². The Kier molecular flexibility index (Phi) is 14.9. The molecule has 2 amide bonds. The molecule has 0 bridgehead atoms. The standard InChI is InChI=1S/C31H44N6O9/c1-3-44-30(40)24(14-13-23-10-5-4-6-11-23)19-33-22(2)29(39)36-15-9-12-27(36)28(38)35-26(18-25-20-32-21-34-25)31(41)45-16-7-8-17-46-37(42)43/h4-6,10-11,20-22,24,26-27,33H,3,7-9,12-19H2,1-2H3,(H,32,34)(H,35,38)/t22-,24+,26-,27+/m0/s1. The minimum Gasteiger partial charge on any atom is -0.466 e. The second-order valence-corrected chi connectivity index (χ2v) is 11.1. The summed E-state index contributed by atoms with van der Waals surface area (Å²) < 4.78 is 10.6. The number of carbonyl (C=O) groups excluding carboxylic acids is 4. The molecule has 1 saturated heterocycles. The van der Waals surface area contributed by atoms with E-state index in [2.05, 4.69) is 25.4 Å². The fourth-order valence-electron chi connectivity index (χ4n) is 5.20. The van der Waals surface area contributed by atoms with Gasteiger partial charge < -0.3 is 34.8 Å². The molecular formula is C31H44N6O9. The summed E-state index contributed by atoms with van der Waals surface area (Å²) in [5.74, 6) is -2.23. The van der Waals surface area contributed by atoms with Gasteiger partial charge in [0.1, 0.15) is 12.1 Å². The molecule has 0 aliphatic carbocycles. The Morgan fingerprint density at radius 3 is 2.59 bits per heavy atom. The van der Waals surface area contributed by atoms with Gasteiger partial charge in [0.15, 0.2) is 0 Å². The monoisotopic (exact) mass is 644 g/mol. The van der Waals surface area contributed by atoms with Crippen molar-refractivity contribution in [3.8, 4) is 0 Å². The summed E-state index contributed by atoms with van der Waals surface area (Å²) in [7, 11) is 0. The van der Waals surface area contributed by atoms with E-state index in [0.29, 0.717) is 50.8 Å². The average Bonchev–Trinajstić information content (AvgIpc) is 3.75. The number of aromatic nitrogens is 2. The molecule has 2 heterocycles. The molecule has 1 aliphatic rings. The van der Waals surface area contributed by atoms with Gasteiger partial charge in [-0.2, -0.15) is 0 Å². The molecule has 15 heteroatoms. The molecule has 1 aromatic carbocycles. The fraction of sp³-hybridized carbons (Fsp3) is 0.581. The highest BCUT2D eigenvalue weighted by Crippen LogP contribution is 2.20. The van der Waals surface area contributed by atoms with Crippen LogP contribution in [0, 0.1) is 16.0 Å². The minimum absolute atomic E-state index is 0.00931. The number of hydrogen-bond donors (Lipinski definition) is 3. The van der Waals surface area contributed by atoms with Gasteiger partial charge in [-0.1, -0.05) is 30.3 Å². The Morgan fingerprint density at radius 1 is 1.13 bits per heavy atom. The zero-order valence-electron chi connectivity index (χ0n) is 26.4. The molecule has 252 valence electrons. The second-order valence-electron chi connectivity index (χ2n) is 11.1. The number of nitrogens with zero attached hydrogens (tertiary/aromatic N) is 3. The van der Waals surface area contributed by atoms with Crippen molar-refractivity contribution < 1.29 is 38.6 Å². The quantitative estimate of drug-likeness (QED) is 0.0822. The number of carbonyl (C=O) groups is 4. The van der Waals surface area contributed by atoms with E-state index in [-0.39, 0.29) is 44.7 Å². The molecule has 1 fully saturated rings. The summed E-state index contributed by atoms with van der Waals surface area (Å²) >= 11 is 0. The van der Waals surface area contributed by atoms with Crippen LogP contribution in [0.25, 0.3) is 0 Å². The highest BCUT2D eigenvalue weighted by atomic mass is 16.9. The second kappa shape index (κ2) is 19.1. The number of aromatic amines is 1. The molecule has 0 radical (unpaired) electrons. The molecule has 0 saturated carbocycles. The maximum atomic E-state index is 13.5. The van der Waals surface area contributed by atoms with E-state index in [9.17, 15) is 29.3 Å².